The van der Waals surface area contributed by atoms with Crippen molar-refractivity contribution in [1.29, 1.82) is 0 Å². The summed E-state index contributed by atoms with van der Waals surface area (Å²) in [6.07, 6.45) is 0. The molecule has 0 unspecified atom stereocenters. The first-order valence-corrected chi connectivity index (χ1v) is 5.20. The highest BCUT2D eigenvalue weighted by Gasteiger charge is 2.12. The number of halogens is 2. The summed E-state index contributed by atoms with van der Waals surface area (Å²) in [7, 11) is 0. The molecular weight excluding hydrogens is 260 g/mol. The van der Waals surface area contributed by atoms with E-state index in [2.05, 4.69) is 10.1 Å². The van der Waals surface area contributed by atoms with Crippen molar-refractivity contribution >= 4 is 17.5 Å². The van der Waals surface area contributed by atoms with Crippen LogP contribution in [-0.4, -0.2) is 17.7 Å². The van der Waals surface area contributed by atoms with Crippen LogP contribution in [-0.2, 0) is 0 Å². The van der Waals surface area contributed by atoms with E-state index in [-0.39, 0.29) is 23.1 Å². The SMILES string of the molecule is O=C(O)c1ccc(Nc2ccccc2OC(F)F)o1. The van der Waals surface area contributed by atoms with E-state index in [1.807, 2.05) is 0 Å². The molecule has 2 rings (SSSR count). The lowest BCUT2D eigenvalue weighted by molar-refractivity contribution is -0.0493. The van der Waals surface area contributed by atoms with Gasteiger partial charge in [-0.15, -0.1) is 0 Å². The lowest BCUT2D eigenvalue weighted by Gasteiger charge is -2.10. The molecule has 0 amide bonds. The average Bonchev–Trinajstić information content (AvgIpc) is 2.80. The molecule has 0 aliphatic rings. The van der Waals surface area contributed by atoms with E-state index < -0.39 is 12.6 Å². The molecule has 1 heterocycles. The molecule has 0 bridgehead atoms. The molecule has 19 heavy (non-hydrogen) atoms. The van der Waals surface area contributed by atoms with Crippen molar-refractivity contribution in [3.05, 3.63) is 42.2 Å². The molecule has 2 N–H and O–H groups in total. The lowest BCUT2D eigenvalue weighted by Crippen LogP contribution is -2.04. The second-order valence-corrected chi connectivity index (χ2v) is 3.47. The number of alkyl halides is 2. The normalized spacial score (nSPS) is 10.5. The average molecular weight is 269 g/mol. The zero-order valence-electron chi connectivity index (χ0n) is 9.47. The van der Waals surface area contributed by atoms with E-state index in [9.17, 15) is 13.6 Å². The number of hydrogen-bond donors (Lipinski definition) is 2. The number of carboxylic acid groups (broad SMARTS) is 1. The van der Waals surface area contributed by atoms with Gasteiger partial charge in [-0.1, -0.05) is 12.1 Å². The molecule has 0 radical (unpaired) electrons. The Morgan fingerprint density at radius 2 is 2.00 bits per heavy atom. The van der Waals surface area contributed by atoms with Crippen LogP contribution in [0.4, 0.5) is 20.4 Å². The summed E-state index contributed by atoms with van der Waals surface area (Å²) in [5, 5.41) is 11.4. The second-order valence-electron chi connectivity index (χ2n) is 3.47. The number of hydrogen-bond acceptors (Lipinski definition) is 4. The molecule has 0 aliphatic heterocycles. The summed E-state index contributed by atoms with van der Waals surface area (Å²) in [5.41, 5.74) is 0.245. The molecule has 0 aliphatic carbocycles. The summed E-state index contributed by atoms with van der Waals surface area (Å²) in [6, 6.07) is 8.63. The topological polar surface area (TPSA) is 71.7 Å². The third-order valence-electron chi connectivity index (χ3n) is 2.18. The number of carbonyl (C=O) groups is 1. The number of anilines is 2. The maximum atomic E-state index is 12.2. The van der Waals surface area contributed by atoms with E-state index in [1.54, 1.807) is 6.07 Å². The summed E-state index contributed by atoms with van der Waals surface area (Å²) in [6.45, 7) is -2.95. The van der Waals surface area contributed by atoms with Gasteiger partial charge in [-0.25, -0.2) is 4.79 Å². The number of aromatic carboxylic acids is 1. The van der Waals surface area contributed by atoms with Gasteiger partial charge in [0.25, 0.3) is 0 Å². The number of carboxylic acids is 1. The van der Waals surface area contributed by atoms with Gasteiger partial charge in [0.15, 0.2) is 5.88 Å². The standard InChI is InChI=1S/C12H9F2NO4/c13-12(14)19-8-4-2-1-3-7(8)15-10-6-5-9(18-10)11(16)17/h1-6,12,15H,(H,16,17). The lowest BCUT2D eigenvalue weighted by atomic mass is 10.3. The molecular formula is C12H9F2NO4. The Labute approximate surface area is 106 Å². The van der Waals surface area contributed by atoms with Crippen LogP contribution in [0, 0.1) is 0 Å². The first kappa shape index (κ1) is 12.9. The number of para-hydroxylation sites is 2. The van der Waals surface area contributed by atoms with E-state index in [4.69, 9.17) is 9.52 Å². The van der Waals surface area contributed by atoms with Gasteiger partial charge in [-0.3, -0.25) is 0 Å². The van der Waals surface area contributed by atoms with Crippen LogP contribution >= 0.6 is 0 Å². The molecule has 0 fully saturated rings. The van der Waals surface area contributed by atoms with Gasteiger partial charge >= 0.3 is 12.6 Å². The van der Waals surface area contributed by atoms with Crippen molar-refractivity contribution < 1.29 is 27.8 Å². The monoisotopic (exact) mass is 269 g/mol. The summed E-state index contributed by atoms with van der Waals surface area (Å²) in [5.74, 6) is -1.42. The molecule has 1 aromatic carbocycles. The first-order valence-electron chi connectivity index (χ1n) is 5.20. The first-order chi connectivity index (χ1) is 9.06. The van der Waals surface area contributed by atoms with E-state index in [1.165, 1.54) is 30.3 Å². The molecule has 0 saturated heterocycles. The van der Waals surface area contributed by atoms with Gasteiger partial charge in [0.05, 0.1) is 5.69 Å². The number of furan rings is 1. The highest BCUT2D eigenvalue weighted by atomic mass is 19.3. The van der Waals surface area contributed by atoms with E-state index in [0.29, 0.717) is 0 Å². The van der Waals surface area contributed by atoms with Gasteiger partial charge in [-0.05, 0) is 18.2 Å². The van der Waals surface area contributed by atoms with E-state index >= 15 is 0 Å². The van der Waals surface area contributed by atoms with Crippen molar-refractivity contribution in [2.45, 2.75) is 6.61 Å². The van der Waals surface area contributed by atoms with Crippen LogP contribution in [0.2, 0.25) is 0 Å². The Bertz CT molecular complexity index is 583. The van der Waals surface area contributed by atoms with Crippen LogP contribution in [0.25, 0.3) is 0 Å². The number of ether oxygens (including phenoxy) is 1. The Hall–Kier alpha value is -2.57. The molecule has 0 atom stereocenters. The Kier molecular flexibility index (Phi) is 3.65. The third kappa shape index (κ3) is 3.21. The smallest absolute Gasteiger partial charge is 0.387 e. The zero-order chi connectivity index (χ0) is 13.8. The van der Waals surface area contributed by atoms with Gasteiger partial charge < -0.3 is 19.6 Å². The fourth-order valence-corrected chi connectivity index (χ4v) is 1.42. The van der Waals surface area contributed by atoms with Crippen molar-refractivity contribution in [1.82, 2.24) is 0 Å². The van der Waals surface area contributed by atoms with Crippen LogP contribution in [0.15, 0.2) is 40.8 Å². The van der Waals surface area contributed by atoms with Crippen molar-refractivity contribution in [2.75, 3.05) is 5.32 Å². The van der Waals surface area contributed by atoms with Crippen LogP contribution in [0.5, 0.6) is 5.75 Å². The molecule has 7 heteroatoms. The van der Waals surface area contributed by atoms with Crippen molar-refractivity contribution in [3.63, 3.8) is 0 Å². The number of rotatable bonds is 5. The van der Waals surface area contributed by atoms with Crippen molar-refractivity contribution in [2.24, 2.45) is 0 Å². The fraction of sp³-hybridized carbons (Fsp3) is 0.0833. The fourth-order valence-electron chi connectivity index (χ4n) is 1.42. The van der Waals surface area contributed by atoms with Crippen LogP contribution in [0.1, 0.15) is 10.6 Å². The largest absolute Gasteiger partial charge is 0.475 e. The van der Waals surface area contributed by atoms with Gasteiger partial charge in [0.2, 0.25) is 5.76 Å². The minimum atomic E-state index is -2.95. The minimum absolute atomic E-state index is 0.0641. The van der Waals surface area contributed by atoms with Gasteiger partial charge in [0.1, 0.15) is 5.75 Å². The van der Waals surface area contributed by atoms with Gasteiger partial charge in [-0.2, -0.15) is 8.78 Å². The minimum Gasteiger partial charge on any atom is -0.475 e. The highest BCUT2D eigenvalue weighted by Crippen LogP contribution is 2.29. The van der Waals surface area contributed by atoms with Gasteiger partial charge in [0, 0.05) is 6.07 Å². The molecule has 0 saturated carbocycles. The molecule has 100 valence electrons. The molecule has 1 aromatic heterocycles. The van der Waals surface area contributed by atoms with Crippen molar-refractivity contribution in [3.8, 4) is 5.75 Å². The van der Waals surface area contributed by atoms with Crippen LogP contribution in [0.3, 0.4) is 0 Å². The summed E-state index contributed by atoms with van der Waals surface area (Å²) < 4.78 is 33.7. The maximum Gasteiger partial charge on any atom is 0.387 e. The Morgan fingerprint density at radius 1 is 1.26 bits per heavy atom. The highest BCUT2D eigenvalue weighted by molar-refractivity contribution is 5.85. The second kappa shape index (κ2) is 5.38. The molecule has 0 spiro atoms. The quantitative estimate of drug-likeness (QED) is 0.871. The predicted molar refractivity (Wildman–Crippen MR) is 62.0 cm³/mol. The van der Waals surface area contributed by atoms with Crippen LogP contribution < -0.4 is 10.1 Å². The number of nitrogens with one attached hydrogen (secondary N) is 1. The predicted octanol–water partition coefficient (Wildman–Crippen LogP) is 3.32. The van der Waals surface area contributed by atoms with E-state index in [0.717, 1.165) is 0 Å². The molecule has 5 nitrogen and oxygen atoms in total. The summed E-state index contributed by atoms with van der Waals surface area (Å²) in [4.78, 5) is 10.6. The molecule has 2 aromatic rings. The summed E-state index contributed by atoms with van der Waals surface area (Å²) >= 11 is 0. The zero-order valence-corrected chi connectivity index (χ0v) is 9.47. The third-order valence-corrected chi connectivity index (χ3v) is 2.18. The number of benzene rings is 1. The Morgan fingerprint density at radius 3 is 2.63 bits per heavy atom. The Balaban J connectivity index is 2.20. The maximum absolute atomic E-state index is 12.2.